The number of aliphatic carboxylic acids is 1. The van der Waals surface area contributed by atoms with Crippen molar-refractivity contribution in [2.24, 2.45) is 0 Å². The molecule has 1 fully saturated rings. The number of carbonyl (C=O) groups is 2. The van der Waals surface area contributed by atoms with Crippen LogP contribution in [0.5, 0.6) is 0 Å². The van der Waals surface area contributed by atoms with Gasteiger partial charge in [0.2, 0.25) is 0 Å². The molecule has 1 unspecified atom stereocenters. The van der Waals surface area contributed by atoms with Crippen molar-refractivity contribution >= 4 is 17.7 Å². The zero-order valence-corrected chi connectivity index (χ0v) is 11.4. The van der Waals surface area contributed by atoms with E-state index in [-0.39, 0.29) is 18.5 Å². The first-order chi connectivity index (χ1) is 8.90. The fraction of sp³-hybridized carbons (Fsp3) is 0.429. The molecule has 1 aliphatic heterocycles. The van der Waals surface area contributed by atoms with Crippen LogP contribution in [0.3, 0.4) is 0 Å². The molecule has 5 heteroatoms. The zero-order chi connectivity index (χ0) is 14.2. The molecule has 2 rings (SSSR count). The SMILES string of the molecule is Cc1ccc(C)c(N2CC(CC(=O)O)N(C)C2=O)c1. The molecule has 0 aromatic heterocycles. The number of carbonyl (C=O) groups excluding carboxylic acids is 1. The van der Waals surface area contributed by atoms with E-state index in [1.165, 1.54) is 4.90 Å². The van der Waals surface area contributed by atoms with Gasteiger partial charge >= 0.3 is 12.0 Å². The number of benzene rings is 1. The summed E-state index contributed by atoms with van der Waals surface area (Å²) in [6.07, 6.45) is -0.0242. The summed E-state index contributed by atoms with van der Waals surface area (Å²) in [7, 11) is 1.65. The number of amides is 2. The first-order valence-electron chi connectivity index (χ1n) is 6.23. The largest absolute Gasteiger partial charge is 0.481 e. The minimum absolute atomic E-state index is 0.0242. The number of carboxylic acid groups (broad SMARTS) is 1. The third-order valence-electron chi connectivity index (χ3n) is 3.54. The highest BCUT2D eigenvalue weighted by molar-refractivity contribution is 5.95. The molecule has 1 N–H and O–H groups in total. The van der Waals surface area contributed by atoms with Gasteiger partial charge in [-0.2, -0.15) is 0 Å². The predicted molar refractivity (Wildman–Crippen MR) is 72.5 cm³/mol. The molecule has 0 saturated carbocycles. The molecule has 0 bridgehead atoms. The van der Waals surface area contributed by atoms with Crippen LogP contribution in [-0.2, 0) is 4.79 Å². The topological polar surface area (TPSA) is 60.9 Å². The Kier molecular flexibility index (Phi) is 3.46. The van der Waals surface area contributed by atoms with Crippen LogP contribution in [0.4, 0.5) is 10.5 Å². The second-order valence-corrected chi connectivity index (χ2v) is 5.05. The van der Waals surface area contributed by atoms with Gasteiger partial charge in [0, 0.05) is 19.3 Å². The molecule has 0 radical (unpaired) electrons. The summed E-state index contributed by atoms with van der Waals surface area (Å²) in [6, 6.07) is 5.52. The fourth-order valence-electron chi connectivity index (χ4n) is 2.37. The molecular weight excluding hydrogens is 244 g/mol. The van der Waals surface area contributed by atoms with Gasteiger partial charge in [0.25, 0.3) is 0 Å². The third-order valence-corrected chi connectivity index (χ3v) is 3.54. The summed E-state index contributed by atoms with van der Waals surface area (Å²) in [4.78, 5) is 26.2. The number of likely N-dealkylation sites (N-methyl/N-ethyl adjacent to an activating group) is 1. The zero-order valence-electron chi connectivity index (χ0n) is 11.4. The van der Waals surface area contributed by atoms with Gasteiger partial charge in [-0.15, -0.1) is 0 Å². The van der Waals surface area contributed by atoms with E-state index in [0.29, 0.717) is 6.54 Å². The lowest BCUT2D eigenvalue weighted by Crippen LogP contribution is -2.32. The van der Waals surface area contributed by atoms with Crippen LogP contribution in [0, 0.1) is 13.8 Å². The van der Waals surface area contributed by atoms with E-state index in [2.05, 4.69) is 0 Å². The number of hydrogen-bond donors (Lipinski definition) is 1. The minimum Gasteiger partial charge on any atom is -0.481 e. The Morgan fingerprint density at radius 2 is 2.11 bits per heavy atom. The summed E-state index contributed by atoms with van der Waals surface area (Å²) < 4.78 is 0. The van der Waals surface area contributed by atoms with Crippen molar-refractivity contribution in [3.05, 3.63) is 29.3 Å². The van der Waals surface area contributed by atoms with Gasteiger partial charge in [0.1, 0.15) is 0 Å². The standard InChI is InChI=1S/C14H18N2O3/c1-9-4-5-10(2)12(6-9)16-8-11(7-13(17)18)15(3)14(16)19/h4-6,11H,7-8H2,1-3H3,(H,17,18). The summed E-state index contributed by atoms with van der Waals surface area (Å²) >= 11 is 0. The summed E-state index contributed by atoms with van der Waals surface area (Å²) in [5.74, 6) is -0.882. The van der Waals surface area contributed by atoms with Gasteiger partial charge in [0.05, 0.1) is 12.5 Å². The molecule has 1 aliphatic rings. The van der Waals surface area contributed by atoms with Crippen LogP contribution in [0.25, 0.3) is 0 Å². The van der Waals surface area contributed by atoms with Gasteiger partial charge in [-0.25, -0.2) is 4.79 Å². The van der Waals surface area contributed by atoms with Crippen LogP contribution in [0.15, 0.2) is 18.2 Å². The van der Waals surface area contributed by atoms with E-state index in [1.54, 1.807) is 11.9 Å². The Morgan fingerprint density at radius 3 is 2.74 bits per heavy atom. The second-order valence-electron chi connectivity index (χ2n) is 5.05. The van der Waals surface area contributed by atoms with Crippen molar-refractivity contribution in [3.8, 4) is 0 Å². The number of anilines is 1. The molecule has 2 amide bonds. The van der Waals surface area contributed by atoms with E-state index in [4.69, 9.17) is 5.11 Å². The Hall–Kier alpha value is -2.04. The normalized spacial score (nSPS) is 19.1. The lowest BCUT2D eigenvalue weighted by atomic mass is 10.1. The number of carboxylic acids is 1. The first kappa shape index (κ1) is 13.4. The van der Waals surface area contributed by atoms with Crippen LogP contribution < -0.4 is 4.90 Å². The van der Waals surface area contributed by atoms with Crippen molar-refractivity contribution in [3.63, 3.8) is 0 Å². The van der Waals surface area contributed by atoms with E-state index in [9.17, 15) is 9.59 Å². The summed E-state index contributed by atoms with van der Waals surface area (Å²) in [5.41, 5.74) is 2.96. The summed E-state index contributed by atoms with van der Waals surface area (Å²) in [5, 5.41) is 8.88. The predicted octanol–water partition coefficient (Wildman–Crippen LogP) is 2.02. The van der Waals surface area contributed by atoms with E-state index >= 15 is 0 Å². The number of rotatable bonds is 3. The maximum atomic E-state index is 12.2. The highest BCUT2D eigenvalue weighted by atomic mass is 16.4. The van der Waals surface area contributed by atoms with E-state index < -0.39 is 5.97 Å². The average molecular weight is 262 g/mol. The maximum Gasteiger partial charge on any atom is 0.324 e. The summed E-state index contributed by atoms with van der Waals surface area (Å²) in [6.45, 7) is 4.35. The molecule has 1 aromatic rings. The molecule has 0 spiro atoms. The molecule has 19 heavy (non-hydrogen) atoms. The van der Waals surface area contributed by atoms with Crippen molar-refractivity contribution < 1.29 is 14.7 Å². The molecule has 1 atom stereocenters. The van der Waals surface area contributed by atoms with Crippen molar-refractivity contribution in [1.82, 2.24) is 4.90 Å². The lowest BCUT2D eigenvalue weighted by molar-refractivity contribution is -0.137. The molecule has 1 aromatic carbocycles. The molecule has 102 valence electrons. The Balaban J connectivity index is 2.29. The molecule has 5 nitrogen and oxygen atoms in total. The number of hydrogen-bond acceptors (Lipinski definition) is 2. The van der Waals surface area contributed by atoms with Gasteiger partial charge in [0.15, 0.2) is 0 Å². The Labute approximate surface area is 112 Å². The van der Waals surface area contributed by atoms with Crippen molar-refractivity contribution in [1.29, 1.82) is 0 Å². The van der Waals surface area contributed by atoms with E-state index in [0.717, 1.165) is 16.8 Å². The third kappa shape index (κ3) is 2.54. The molecule has 1 heterocycles. The maximum absolute atomic E-state index is 12.2. The Bertz CT molecular complexity index is 527. The highest BCUT2D eigenvalue weighted by Gasteiger charge is 2.37. The van der Waals surface area contributed by atoms with Gasteiger partial charge in [-0.05, 0) is 31.0 Å². The van der Waals surface area contributed by atoms with Gasteiger partial charge < -0.3 is 10.0 Å². The van der Waals surface area contributed by atoms with E-state index in [1.807, 2.05) is 32.0 Å². The highest BCUT2D eigenvalue weighted by Crippen LogP contribution is 2.28. The van der Waals surface area contributed by atoms with Gasteiger partial charge in [-0.3, -0.25) is 9.69 Å². The van der Waals surface area contributed by atoms with Crippen molar-refractivity contribution in [2.75, 3.05) is 18.5 Å². The van der Waals surface area contributed by atoms with Crippen LogP contribution >= 0.6 is 0 Å². The van der Waals surface area contributed by atoms with Crippen LogP contribution in [0.1, 0.15) is 17.5 Å². The lowest BCUT2D eigenvalue weighted by Gasteiger charge is -2.18. The molecular formula is C14H18N2O3. The molecule has 1 saturated heterocycles. The smallest absolute Gasteiger partial charge is 0.324 e. The van der Waals surface area contributed by atoms with Crippen molar-refractivity contribution in [2.45, 2.75) is 26.3 Å². The monoisotopic (exact) mass is 262 g/mol. The van der Waals surface area contributed by atoms with Crippen LogP contribution in [0.2, 0.25) is 0 Å². The number of urea groups is 1. The Morgan fingerprint density at radius 1 is 1.42 bits per heavy atom. The number of aryl methyl sites for hydroxylation is 2. The fourth-order valence-corrected chi connectivity index (χ4v) is 2.37. The quantitative estimate of drug-likeness (QED) is 0.906. The van der Waals surface area contributed by atoms with Gasteiger partial charge in [-0.1, -0.05) is 12.1 Å². The minimum atomic E-state index is -0.882. The average Bonchev–Trinajstić information content (AvgIpc) is 2.60. The second kappa shape index (κ2) is 4.91. The molecule has 0 aliphatic carbocycles. The van der Waals surface area contributed by atoms with Crippen LogP contribution in [-0.4, -0.2) is 41.6 Å². The first-order valence-corrected chi connectivity index (χ1v) is 6.23. The number of nitrogens with zero attached hydrogens (tertiary/aromatic N) is 2.